The van der Waals surface area contributed by atoms with Gasteiger partial charge in [-0.25, -0.2) is 13.7 Å². The molecule has 0 unspecified atom stereocenters. The van der Waals surface area contributed by atoms with E-state index in [0.29, 0.717) is 11.4 Å². The number of nitrogens with one attached hydrogen (secondary N) is 2. The second-order valence-corrected chi connectivity index (χ2v) is 11.0. The summed E-state index contributed by atoms with van der Waals surface area (Å²) in [6.07, 6.45) is 0. The van der Waals surface area contributed by atoms with Gasteiger partial charge in [-0.3, -0.25) is 8.74 Å². The normalized spacial score (nSPS) is 11.9. The van der Waals surface area contributed by atoms with Crippen molar-refractivity contribution in [2.45, 2.75) is 9.79 Å². The zero-order valence-corrected chi connectivity index (χ0v) is 20.9. The third-order valence-corrected chi connectivity index (χ3v) is 7.33. The number of benzene rings is 2. The summed E-state index contributed by atoms with van der Waals surface area (Å²) in [7, 11) is -8.14. The number of nitrogens with zero attached hydrogens (tertiary/aromatic N) is 3. The Hall–Kier alpha value is -2.81. The molecular formula is C17H17ClN6O9S3. The van der Waals surface area contributed by atoms with Crippen LogP contribution < -0.4 is 16.4 Å². The number of hydrogen-bond donors (Lipinski definition) is 5. The molecule has 0 aliphatic carbocycles. The van der Waals surface area contributed by atoms with E-state index in [1.54, 1.807) is 0 Å². The Kier molecular flexibility index (Phi) is 9.22. The number of nitrogen functional groups attached to an aromatic ring is 1. The Morgan fingerprint density at radius 2 is 1.58 bits per heavy atom. The van der Waals surface area contributed by atoms with Gasteiger partial charge in [0.15, 0.2) is 22.2 Å². The monoisotopic (exact) mass is 580 g/mol. The van der Waals surface area contributed by atoms with Gasteiger partial charge in [0.25, 0.3) is 10.1 Å². The maximum Gasteiger partial charge on any atom is 0.296 e. The van der Waals surface area contributed by atoms with Crippen molar-refractivity contribution in [3.05, 3.63) is 47.7 Å². The maximum atomic E-state index is 12.4. The fraction of sp³-hybridized carbons (Fsp3) is 0.118. The van der Waals surface area contributed by atoms with E-state index in [1.807, 2.05) is 0 Å². The van der Waals surface area contributed by atoms with Crippen LogP contribution in [0.1, 0.15) is 0 Å². The minimum atomic E-state index is -4.48. The van der Waals surface area contributed by atoms with Gasteiger partial charge in [-0.2, -0.15) is 23.4 Å². The molecule has 3 rings (SSSR count). The molecule has 0 atom stereocenters. The first-order valence-corrected chi connectivity index (χ1v) is 13.5. The fourth-order valence-electron chi connectivity index (χ4n) is 2.65. The Labute approximate surface area is 213 Å². The first-order chi connectivity index (χ1) is 17.0. The summed E-state index contributed by atoms with van der Waals surface area (Å²) < 4.78 is 65.2. The van der Waals surface area contributed by atoms with Gasteiger partial charge in [-0.05, 0) is 54.1 Å². The van der Waals surface area contributed by atoms with E-state index in [2.05, 4.69) is 35.0 Å². The lowest BCUT2D eigenvalue weighted by Gasteiger charge is -2.10. The van der Waals surface area contributed by atoms with Crippen molar-refractivity contribution < 1.29 is 40.2 Å². The molecule has 0 saturated carbocycles. The van der Waals surface area contributed by atoms with Crippen molar-refractivity contribution in [1.29, 1.82) is 0 Å². The van der Waals surface area contributed by atoms with Gasteiger partial charge >= 0.3 is 0 Å². The number of aromatic nitrogens is 3. The van der Waals surface area contributed by atoms with Crippen molar-refractivity contribution in [3.63, 3.8) is 0 Å². The van der Waals surface area contributed by atoms with Crippen LogP contribution in [0.2, 0.25) is 5.28 Å². The van der Waals surface area contributed by atoms with Crippen molar-refractivity contribution in [3.8, 4) is 0 Å². The van der Waals surface area contributed by atoms with Gasteiger partial charge in [0.1, 0.15) is 4.90 Å². The highest BCUT2D eigenvalue weighted by Gasteiger charge is 2.16. The van der Waals surface area contributed by atoms with Crippen LogP contribution >= 0.6 is 23.9 Å². The van der Waals surface area contributed by atoms with E-state index in [0.717, 1.165) is 6.07 Å². The highest BCUT2D eigenvalue weighted by Crippen LogP contribution is 2.25. The molecule has 1 heterocycles. The van der Waals surface area contributed by atoms with Crippen LogP contribution in [0.5, 0.6) is 0 Å². The summed E-state index contributed by atoms with van der Waals surface area (Å²) in [6.45, 7) is -0.223. The number of nitrogens with two attached hydrogens (primary N) is 1. The molecule has 0 aliphatic heterocycles. The minimum Gasteiger partial charge on any atom is -0.398 e. The Bertz CT molecular complexity index is 1430. The minimum absolute atomic E-state index is 0.0100. The smallest absolute Gasteiger partial charge is 0.296 e. The molecular weight excluding hydrogens is 564 g/mol. The number of rotatable bonds is 12. The molecule has 2 aromatic carbocycles. The largest absolute Gasteiger partial charge is 0.398 e. The van der Waals surface area contributed by atoms with E-state index in [4.69, 9.17) is 31.3 Å². The lowest BCUT2D eigenvalue weighted by Crippen LogP contribution is -2.11. The topological polar surface area (TPSA) is 225 Å². The third kappa shape index (κ3) is 7.85. The van der Waals surface area contributed by atoms with E-state index in [-0.39, 0.29) is 52.4 Å². The quantitative estimate of drug-likeness (QED) is 0.0517. The van der Waals surface area contributed by atoms with Crippen LogP contribution in [-0.4, -0.2) is 54.0 Å². The molecule has 0 amide bonds. The summed E-state index contributed by atoms with van der Waals surface area (Å²) in [6, 6.07) is 9.37. The van der Waals surface area contributed by atoms with Gasteiger partial charge in [0.05, 0.1) is 22.9 Å². The lowest BCUT2D eigenvalue weighted by atomic mass is 10.3. The number of anilines is 5. The molecule has 1 aromatic heterocycles. The first-order valence-electron chi connectivity index (χ1n) is 9.40. The second kappa shape index (κ2) is 12.0. The molecule has 0 spiro atoms. The summed E-state index contributed by atoms with van der Waals surface area (Å²) in [4.78, 5) is 11.6. The number of hydrogen-bond acceptors (Lipinski definition) is 15. The molecule has 36 heavy (non-hydrogen) atoms. The molecule has 0 radical (unpaired) electrons. The van der Waals surface area contributed by atoms with E-state index >= 15 is 0 Å². The molecule has 6 N–H and O–H groups in total. The van der Waals surface area contributed by atoms with Crippen LogP contribution in [0.25, 0.3) is 0 Å². The first kappa shape index (κ1) is 27.8. The van der Waals surface area contributed by atoms with E-state index in [1.165, 1.54) is 36.4 Å². The highest BCUT2D eigenvalue weighted by atomic mass is 35.5. The second-order valence-electron chi connectivity index (χ2n) is 6.61. The van der Waals surface area contributed by atoms with Gasteiger partial charge in [-0.1, -0.05) is 5.04 Å². The van der Waals surface area contributed by atoms with Crippen molar-refractivity contribution >= 4 is 72.8 Å². The number of halogens is 1. The van der Waals surface area contributed by atoms with Gasteiger partial charge in [0, 0.05) is 11.4 Å². The average molecular weight is 581 g/mol. The van der Waals surface area contributed by atoms with Crippen LogP contribution in [0.4, 0.5) is 29.0 Å². The van der Waals surface area contributed by atoms with E-state index in [9.17, 15) is 16.8 Å². The predicted octanol–water partition coefficient (Wildman–Crippen LogP) is 2.62. The molecule has 15 nitrogen and oxygen atoms in total. The zero-order valence-electron chi connectivity index (χ0n) is 17.7. The number of sulfone groups is 1. The maximum absolute atomic E-state index is 12.4. The van der Waals surface area contributed by atoms with Crippen molar-refractivity contribution in [2.24, 2.45) is 0 Å². The third-order valence-electron chi connectivity index (χ3n) is 4.16. The summed E-state index contributed by atoms with van der Waals surface area (Å²) in [5, 5.41) is 16.7. The Balaban J connectivity index is 1.69. The Morgan fingerprint density at radius 1 is 0.972 bits per heavy atom. The molecule has 0 saturated heterocycles. The summed E-state index contributed by atoms with van der Waals surface area (Å²) in [5.74, 6) is -0.341. The highest BCUT2D eigenvalue weighted by molar-refractivity contribution is 7.91. The van der Waals surface area contributed by atoms with Crippen LogP contribution in [-0.2, 0) is 33.5 Å². The molecule has 3 aromatic rings. The van der Waals surface area contributed by atoms with Gasteiger partial charge in [0.2, 0.25) is 17.2 Å². The van der Waals surface area contributed by atoms with E-state index < -0.39 is 24.9 Å². The van der Waals surface area contributed by atoms with Crippen LogP contribution in [0.15, 0.2) is 52.3 Å². The van der Waals surface area contributed by atoms with Gasteiger partial charge in [-0.15, -0.1) is 4.33 Å². The lowest BCUT2D eigenvalue weighted by molar-refractivity contribution is -0.434. The average Bonchev–Trinajstić information content (AvgIpc) is 2.78. The molecule has 194 valence electrons. The summed E-state index contributed by atoms with van der Waals surface area (Å²) in [5.41, 5.74) is 6.21. The van der Waals surface area contributed by atoms with Crippen molar-refractivity contribution in [2.75, 3.05) is 28.7 Å². The molecule has 0 bridgehead atoms. The summed E-state index contributed by atoms with van der Waals surface area (Å²) >= 11 is 6.24. The van der Waals surface area contributed by atoms with Crippen LogP contribution in [0, 0.1) is 0 Å². The standard InChI is InChI=1S/C17H17ClN6O9S3/c18-15-22-16(24-17(23-15)21-11-3-6-14(13(19)9-11)36(28,29)30)20-10-1-4-12(5-2-10)35(26,27)8-7-31-34-33-32-25/h1-6,9,25H,7-8,19H2,(H,28,29,30)(H2,20,21,22,23,24). The Morgan fingerprint density at radius 3 is 2.17 bits per heavy atom. The molecule has 19 heteroatoms. The predicted molar refractivity (Wildman–Crippen MR) is 129 cm³/mol. The molecule has 0 aliphatic rings. The zero-order chi connectivity index (χ0) is 26.3. The molecule has 0 fully saturated rings. The van der Waals surface area contributed by atoms with Crippen LogP contribution in [0.3, 0.4) is 0 Å². The van der Waals surface area contributed by atoms with Crippen molar-refractivity contribution in [1.82, 2.24) is 15.0 Å². The fourth-order valence-corrected chi connectivity index (χ4v) is 4.82. The van der Waals surface area contributed by atoms with Gasteiger partial charge < -0.3 is 16.4 Å². The SMILES string of the molecule is Nc1cc(Nc2nc(Cl)nc(Nc3ccc(S(=O)(=O)CCOSOOO)cc3)n2)ccc1S(=O)(=O)O.